The topological polar surface area (TPSA) is 96.8 Å². The van der Waals surface area contributed by atoms with E-state index in [0.717, 1.165) is 0 Å². The Balaban J connectivity index is 1.96. The Morgan fingerprint density at radius 1 is 1.59 bits per heavy atom. The molecular formula is C13H18FN3O5. The summed E-state index contributed by atoms with van der Waals surface area (Å²) in [6.07, 6.45) is 0.138. The quantitative estimate of drug-likeness (QED) is 0.735. The van der Waals surface area contributed by atoms with E-state index >= 15 is 0 Å². The summed E-state index contributed by atoms with van der Waals surface area (Å²) in [7, 11) is 0. The number of morpholine rings is 1. The SMILES string of the molecule is CC[C@@]12CN(OCCF)[C@@H]([C@H](n3ccc(=O)[nH]c3=O)O1)[C@@H]2O. The van der Waals surface area contributed by atoms with Gasteiger partial charge in [0.15, 0.2) is 6.23 Å². The van der Waals surface area contributed by atoms with Gasteiger partial charge in [-0.25, -0.2) is 9.18 Å². The summed E-state index contributed by atoms with van der Waals surface area (Å²) in [5.41, 5.74) is -2.02. The molecule has 2 aliphatic heterocycles. The first-order valence-electron chi connectivity index (χ1n) is 7.15. The number of hydrogen-bond donors (Lipinski definition) is 2. The maximum atomic E-state index is 12.4. The molecule has 8 nitrogen and oxygen atoms in total. The predicted molar refractivity (Wildman–Crippen MR) is 72.9 cm³/mol. The van der Waals surface area contributed by atoms with Crippen LogP contribution in [0.25, 0.3) is 0 Å². The number of hydrogen-bond acceptors (Lipinski definition) is 6. The summed E-state index contributed by atoms with van der Waals surface area (Å²) in [6, 6.07) is 0.559. The molecule has 122 valence electrons. The molecular weight excluding hydrogens is 297 g/mol. The number of aromatic amines is 1. The molecule has 2 saturated heterocycles. The van der Waals surface area contributed by atoms with Crippen molar-refractivity contribution in [2.45, 2.75) is 37.3 Å². The van der Waals surface area contributed by atoms with Gasteiger partial charge in [0, 0.05) is 12.3 Å². The van der Waals surface area contributed by atoms with Gasteiger partial charge in [0.1, 0.15) is 24.4 Å². The normalized spacial score (nSPS) is 34.4. The number of nitrogens with zero attached hydrogens (tertiary/aromatic N) is 2. The van der Waals surface area contributed by atoms with Crippen molar-refractivity contribution in [2.75, 3.05) is 19.8 Å². The van der Waals surface area contributed by atoms with E-state index in [4.69, 9.17) is 9.57 Å². The van der Waals surface area contributed by atoms with Gasteiger partial charge in [-0.1, -0.05) is 6.92 Å². The van der Waals surface area contributed by atoms with E-state index in [1.165, 1.54) is 21.9 Å². The summed E-state index contributed by atoms with van der Waals surface area (Å²) in [5.74, 6) is 0. The lowest BCUT2D eigenvalue weighted by atomic mass is 9.96. The summed E-state index contributed by atoms with van der Waals surface area (Å²) in [6.45, 7) is 1.37. The van der Waals surface area contributed by atoms with Gasteiger partial charge in [-0.05, 0) is 6.42 Å². The zero-order valence-electron chi connectivity index (χ0n) is 12.1. The summed E-state index contributed by atoms with van der Waals surface area (Å²) >= 11 is 0. The third-order valence-electron chi connectivity index (χ3n) is 4.32. The molecule has 0 saturated carbocycles. The van der Waals surface area contributed by atoms with Gasteiger partial charge in [0.2, 0.25) is 0 Å². The van der Waals surface area contributed by atoms with Crippen LogP contribution in [0, 0.1) is 0 Å². The fourth-order valence-electron chi connectivity index (χ4n) is 3.18. The van der Waals surface area contributed by atoms with Crippen molar-refractivity contribution in [3.63, 3.8) is 0 Å². The Morgan fingerprint density at radius 2 is 2.36 bits per heavy atom. The van der Waals surface area contributed by atoms with Crippen LogP contribution in [0.5, 0.6) is 0 Å². The number of fused-ring (bicyclic) bond motifs is 2. The smallest absolute Gasteiger partial charge is 0.330 e. The first kappa shape index (κ1) is 15.3. The molecule has 3 rings (SSSR count). The van der Waals surface area contributed by atoms with Gasteiger partial charge in [0.25, 0.3) is 5.56 Å². The minimum Gasteiger partial charge on any atom is -0.388 e. The second-order valence-corrected chi connectivity index (χ2v) is 5.48. The third-order valence-corrected chi connectivity index (χ3v) is 4.32. The molecule has 0 unspecified atom stereocenters. The molecule has 4 atom stereocenters. The number of aliphatic hydroxyl groups is 1. The minimum absolute atomic E-state index is 0.129. The molecule has 0 amide bonds. The standard InChI is InChI=1S/C13H18FN3O5/c1-2-13-7-17(21-6-4-14)9(10(13)19)11(22-13)16-5-3-8(18)15-12(16)20/h3,5,9-11,19H,2,4,6-7H2,1H3,(H,15,18,20)/t9-,10+,11-,13+/m1/s1. The third kappa shape index (κ3) is 2.21. The van der Waals surface area contributed by atoms with Crippen LogP contribution >= 0.6 is 0 Å². The van der Waals surface area contributed by atoms with Gasteiger partial charge in [-0.2, -0.15) is 5.06 Å². The van der Waals surface area contributed by atoms with Crippen molar-refractivity contribution in [3.05, 3.63) is 33.1 Å². The van der Waals surface area contributed by atoms with Crippen LogP contribution in [0.4, 0.5) is 4.39 Å². The van der Waals surface area contributed by atoms with Crippen LogP contribution in [0.15, 0.2) is 21.9 Å². The van der Waals surface area contributed by atoms with E-state index in [1.54, 1.807) is 0 Å². The fraction of sp³-hybridized carbons (Fsp3) is 0.692. The molecule has 2 bridgehead atoms. The van der Waals surface area contributed by atoms with Gasteiger partial charge in [-0.3, -0.25) is 19.2 Å². The molecule has 0 aromatic carbocycles. The lowest BCUT2D eigenvalue weighted by molar-refractivity contribution is -0.250. The molecule has 0 spiro atoms. The van der Waals surface area contributed by atoms with Gasteiger partial charge in [-0.15, -0.1) is 0 Å². The molecule has 1 aromatic rings. The van der Waals surface area contributed by atoms with E-state index in [2.05, 4.69) is 4.98 Å². The minimum atomic E-state index is -0.874. The van der Waals surface area contributed by atoms with E-state index in [1.807, 2.05) is 6.92 Å². The predicted octanol–water partition coefficient (Wildman–Crippen LogP) is -0.840. The van der Waals surface area contributed by atoms with E-state index in [9.17, 15) is 19.1 Å². The molecule has 0 radical (unpaired) electrons. The van der Waals surface area contributed by atoms with Crippen molar-refractivity contribution in [1.29, 1.82) is 0 Å². The molecule has 2 fully saturated rings. The Morgan fingerprint density at radius 3 is 2.95 bits per heavy atom. The van der Waals surface area contributed by atoms with Crippen LogP contribution in [-0.2, 0) is 9.57 Å². The zero-order chi connectivity index (χ0) is 15.9. The number of rotatable bonds is 5. The first-order valence-corrected chi connectivity index (χ1v) is 7.15. The highest BCUT2D eigenvalue weighted by Crippen LogP contribution is 2.47. The van der Waals surface area contributed by atoms with Crippen LogP contribution in [0.2, 0.25) is 0 Å². The molecule has 1 aromatic heterocycles. The Kier molecular flexibility index (Phi) is 3.89. The van der Waals surface area contributed by atoms with Gasteiger partial charge in [0.05, 0.1) is 13.2 Å². The average Bonchev–Trinajstić information content (AvgIpc) is 2.93. The highest BCUT2D eigenvalue weighted by Gasteiger charge is 2.63. The second-order valence-electron chi connectivity index (χ2n) is 5.48. The number of nitrogens with one attached hydrogen (secondary N) is 1. The van der Waals surface area contributed by atoms with Crippen LogP contribution < -0.4 is 11.2 Å². The summed E-state index contributed by atoms with van der Waals surface area (Å²) in [5, 5.41) is 12.0. The van der Waals surface area contributed by atoms with Crippen molar-refractivity contribution < 1.29 is 19.1 Å². The average molecular weight is 315 g/mol. The number of alkyl halides is 1. The number of H-pyrrole nitrogens is 1. The zero-order valence-corrected chi connectivity index (χ0v) is 12.1. The van der Waals surface area contributed by atoms with Gasteiger partial charge < -0.3 is 9.84 Å². The molecule has 3 heterocycles. The maximum absolute atomic E-state index is 12.4. The fourth-order valence-corrected chi connectivity index (χ4v) is 3.18. The molecule has 0 aliphatic carbocycles. The number of aliphatic hydroxyl groups excluding tert-OH is 1. The summed E-state index contributed by atoms with van der Waals surface area (Å²) in [4.78, 5) is 30.6. The van der Waals surface area contributed by atoms with E-state index in [-0.39, 0.29) is 6.61 Å². The van der Waals surface area contributed by atoms with Crippen molar-refractivity contribution >= 4 is 0 Å². The largest absolute Gasteiger partial charge is 0.388 e. The van der Waals surface area contributed by atoms with Crippen LogP contribution in [0.3, 0.4) is 0 Å². The van der Waals surface area contributed by atoms with Crippen molar-refractivity contribution in [1.82, 2.24) is 14.6 Å². The van der Waals surface area contributed by atoms with Crippen molar-refractivity contribution in [2.24, 2.45) is 0 Å². The molecule has 2 aliphatic rings. The Hall–Kier alpha value is -1.55. The maximum Gasteiger partial charge on any atom is 0.330 e. The molecule has 22 heavy (non-hydrogen) atoms. The molecule has 2 N–H and O–H groups in total. The number of ether oxygens (including phenoxy) is 1. The summed E-state index contributed by atoms with van der Waals surface area (Å²) < 4.78 is 19.5. The van der Waals surface area contributed by atoms with Crippen molar-refractivity contribution in [3.8, 4) is 0 Å². The van der Waals surface area contributed by atoms with Crippen LogP contribution in [-0.4, -0.2) is 57.3 Å². The second kappa shape index (κ2) is 5.58. The molecule has 9 heteroatoms. The number of aromatic nitrogens is 2. The number of hydroxylamine groups is 2. The monoisotopic (exact) mass is 315 g/mol. The van der Waals surface area contributed by atoms with E-state index in [0.29, 0.717) is 13.0 Å². The van der Waals surface area contributed by atoms with Crippen LogP contribution in [0.1, 0.15) is 19.6 Å². The van der Waals surface area contributed by atoms with Gasteiger partial charge >= 0.3 is 5.69 Å². The first-order chi connectivity index (χ1) is 10.5. The highest BCUT2D eigenvalue weighted by atomic mass is 19.1. The lowest BCUT2D eigenvalue weighted by Crippen LogP contribution is -2.48. The highest BCUT2D eigenvalue weighted by molar-refractivity contribution is 5.11. The lowest BCUT2D eigenvalue weighted by Gasteiger charge is -2.36. The van der Waals surface area contributed by atoms with E-state index < -0.39 is 41.9 Å². The Labute approximate surface area is 125 Å². The number of halogens is 1. The Bertz CT molecular complexity index is 662.